The molecular formula is C20H19N3O2S. The van der Waals surface area contributed by atoms with Crippen molar-refractivity contribution in [3.8, 4) is 16.6 Å². The van der Waals surface area contributed by atoms with Gasteiger partial charge >= 0.3 is 0 Å². The fraction of sp³-hybridized carbons (Fsp3) is 0.150. The first kappa shape index (κ1) is 16.5. The van der Waals surface area contributed by atoms with Crippen molar-refractivity contribution in [1.29, 1.82) is 0 Å². The highest BCUT2D eigenvalue weighted by atomic mass is 32.1. The van der Waals surface area contributed by atoms with E-state index in [2.05, 4.69) is 22.0 Å². The van der Waals surface area contributed by atoms with Crippen LogP contribution in [-0.4, -0.2) is 23.8 Å². The molecule has 132 valence electrons. The van der Waals surface area contributed by atoms with Gasteiger partial charge < -0.3 is 14.8 Å². The molecule has 4 rings (SSSR count). The van der Waals surface area contributed by atoms with Gasteiger partial charge in [0.05, 0.1) is 36.7 Å². The zero-order valence-corrected chi connectivity index (χ0v) is 15.4. The van der Waals surface area contributed by atoms with Crippen molar-refractivity contribution in [2.45, 2.75) is 6.54 Å². The number of hydrogen-bond acceptors (Lipinski definition) is 5. The van der Waals surface area contributed by atoms with Crippen LogP contribution in [0.1, 0.15) is 5.69 Å². The molecule has 0 radical (unpaired) electrons. The van der Waals surface area contributed by atoms with Crippen molar-refractivity contribution in [3.05, 3.63) is 66.5 Å². The van der Waals surface area contributed by atoms with E-state index in [9.17, 15) is 0 Å². The third kappa shape index (κ3) is 3.11. The standard InChI is InChI=1S/C20H19N3O2S/c1-24-15-9-10-16(18(12-15)25-2)21-13-14-6-5-11-23(14)20-22-17-7-3-4-8-19(17)26-20/h3-12,21H,13H2,1-2H3. The number of hydrogen-bond donors (Lipinski definition) is 1. The molecule has 0 spiro atoms. The topological polar surface area (TPSA) is 48.3 Å². The summed E-state index contributed by atoms with van der Waals surface area (Å²) < 4.78 is 14.0. The van der Waals surface area contributed by atoms with Crippen LogP contribution in [0.25, 0.3) is 15.3 Å². The molecule has 4 aromatic rings. The normalized spacial score (nSPS) is 10.8. The summed E-state index contributed by atoms with van der Waals surface area (Å²) >= 11 is 1.69. The molecule has 0 atom stereocenters. The zero-order valence-electron chi connectivity index (χ0n) is 14.6. The third-order valence-corrected chi connectivity index (χ3v) is 5.23. The largest absolute Gasteiger partial charge is 0.497 e. The van der Waals surface area contributed by atoms with E-state index in [1.165, 1.54) is 4.70 Å². The smallest absolute Gasteiger partial charge is 0.194 e. The summed E-state index contributed by atoms with van der Waals surface area (Å²) in [6.07, 6.45) is 2.04. The first-order valence-corrected chi connectivity index (χ1v) is 9.08. The van der Waals surface area contributed by atoms with Crippen LogP contribution in [0, 0.1) is 0 Å². The van der Waals surface area contributed by atoms with Crippen molar-refractivity contribution in [1.82, 2.24) is 9.55 Å². The molecule has 0 aliphatic heterocycles. The highest BCUT2D eigenvalue weighted by Gasteiger charge is 2.10. The number of para-hydroxylation sites is 1. The van der Waals surface area contributed by atoms with Crippen molar-refractivity contribution < 1.29 is 9.47 Å². The first-order chi connectivity index (χ1) is 12.8. The van der Waals surface area contributed by atoms with Gasteiger partial charge in [-0.25, -0.2) is 4.98 Å². The molecule has 6 heteroatoms. The summed E-state index contributed by atoms with van der Waals surface area (Å²) in [6.45, 7) is 0.658. The summed E-state index contributed by atoms with van der Waals surface area (Å²) in [7, 11) is 3.30. The van der Waals surface area contributed by atoms with Crippen molar-refractivity contribution in [2.24, 2.45) is 0 Å². The van der Waals surface area contributed by atoms with Gasteiger partial charge in [0, 0.05) is 18.0 Å². The van der Waals surface area contributed by atoms with Gasteiger partial charge in [-0.3, -0.25) is 4.57 Å². The van der Waals surface area contributed by atoms with Gasteiger partial charge in [0.1, 0.15) is 11.5 Å². The first-order valence-electron chi connectivity index (χ1n) is 8.26. The molecule has 2 aromatic heterocycles. The van der Waals surface area contributed by atoms with E-state index >= 15 is 0 Å². The minimum Gasteiger partial charge on any atom is -0.497 e. The number of benzene rings is 2. The highest BCUT2D eigenvalue weighted by Crippen LogP contribution is 2.30. The van der Waals surface area contributed by atoms with Gasteiger partial charge in [0.15, 0.2) is 5.13 Å². The Hall–Kier alpha value is -2.99. The average Bonchev–Trinajstić information content (AvgIpc) is 3.32. The molecular weight excluding hydrogens is 346 g/mol. The number of nitrogens with one attached hydrogen (secondary N) is 1. The molecule has 0 fully saturated rings. The fourth-order valence-corrected chi connectivity index (χ4v) is 3.82. The number of anilines is 1. The van der Waals surface area contributed by atoms with Crippen LogP contribution < -0.4 is 14.8 Å². The Bertz CT molecular complexity index is 1010. The summed E-state index contributed by atoms with van der Waals surface area (Å²) in [6, 6.07) is 18.1. The summed E-state index contributed by atoms with van der Waals surface area (Å²) in [5.74, 6) is 1.52. The number of thiazole rings is 1. The number of methoxy groups -OCH3 is 2. The molecule has 1 N–H and O–H groups in total. The predicted molar refractivity (Wildman–Crippen MR) is 106 cm³/mol. The van der Waals surface area contributed by atoms with Gasteiger partial charge in [0.25, 0.3) is 0 Å². The fourth-order valence-electron chi connectivity index (χ4n) is 2.84. The molecule has 0 amide bonds. The lowest BCUT2D eigenvalue weighted by Gasteiger charge is -2.13. The highest BCUT2D eigenvalue weighted by molar-refractivity contribution is 7.20. The van der Waals surface area contributed by atoms with Gasteiger partial charge in [-0.2, -0.15) is 0 Å². The molecule has 2 aromatic carbocycles. The summed E-state index contributed by atoms with van der Waals surface area (Å²) in [4.78, 5) is 4.74. The van der Waals surface area contributed by atoms with E-state index in [0.29, 0.717) is 6.54 Å². The van der Waals surface area contributed by atoms with E-state index in [-0.39, 0.29) is 0 Å². The predicted octanol–water partition coefficient (Wildman–Crippen LogP) is 4.72. The molecule has 0 aliphatic carbocycles. The average molecular weight is 365 g/mol. The maximum atomic E-state index is 5.45. The van der Waals surface area contributed by atoms with E-state index < -0.39 is 0 Å². The Morgan fingerprint density at radius 1 is 1.04 bits per heavy atom. The summed E-state index contributed by atoms with van der Waals surface area (Å²) in [5.41, 5.74) is 3.07. The van der Waals surface area contributed by atoms with Crippen molar-refractivity contribution >= 4 is 27.2 Å². The second-order valence-corrected chi connectivity index (χ2v) is 6.76. The molecule has 5 nitrogen and oxygen atoms in total. The van der Waals surface area contributed by atoms with Crippen LogP contribution in [0.2, 0.25) is 0 Å². The van der Waals surface area contributed by atoms with Crippen LogP contribution in [0.4, 0.5) is 5.69 Å². The monoisotopic (exact) mass is 365 g/mol. The number of rotatable bonds is 6. The molecule has 0 saturated carbocycles. The lowest BCUT2D eigenvalue weighted by atomic mass is 10.2. The van der Waals surface area contributed by atoms with Gasteiger partial charge in [-0.05, 0) is 36.4 Å². The zero-order chi connectivity index (χ0) is 17.9. The molecule has 2 heterocycles. The van der Waals surface area contributed by atoms with Crippen LogP contribution in [-0.2, 0) is 6.54 Å². The minimum absolute atomic E-state index is 0.658. The Morgan fingerprint density at radius 2 is 1.92 bits per heavy atom. The van der Waals surface area contributed by atoms with Crippen LogP contribution in [0.15, 0.2) is 60.8 Å². The Balaban J connectivity index is 1.58. The van der Waals surface area contributed by atoms with Gasteiger partial charge in [-0.15, -0.1) is 0 Å². The number of nitrogens with zero attached hydrogens (tertiary/aromatic N) is 2. The lowest BCUT2D eigenvalue weighted by Crippen LogP contribution is -2.06. The molecule has 0 bridgehead atoms. The second-order valence-electron chi connectivity index (χ2n) is 5.75. The minimum atomic E-state index is 0.658. The number of ether oxygens (including phenoxy) is 2. The summed E-state index contributed by atoms with van der Waals surface area (Å²) in [5, 5.41) is 4.40. The SMILES string of the molecule is COc1ccc(NCc2cccn2-c2nc3ccccc3s2)c(OC)c1. The van der Waals surface area contributed by atoms with E-state index in [1.807, 2.05) is 48.7 Å². The molecule has 26 heavy (non-hydrogen) atoms. The van der Waals surface area contributed by atoms with E-state index in [1.54, 1.807) is 25.6 Å². The van der Waals surface area contributed by atoms with Crippen molar-refractivity contribution in [2.75, 3.05) is 19.5 Å². The van der Waals surface area contributed by atoms with Crippen LogP contribution in [0.3, 0.4) is 0 Å². The lowest BCUT2D eigenvalue weighted by molar-refractivity contribution is 0.395. The van der Waals surface area contributed by atoms with Crippen molar-refractivity contribution in [3.63, 3.8) is 0 Å². The molecule has 0 aliphatic rings. The Kier molecular flexibility index (Phi) is 4.50. The molecule has 0 saturated heterocycles. The third-order valence-electron chi connectivity index (χ3n) is 4.19. The quantitative estimate of drug-likeness (QED) is 0.537. The number of fused-ring (bicyclic) bond motifs is 1. The maximum Gasteiger partial charge on any atom is 0.194 e. The Labute approximate surface area is 155 Å². The molecule has 0 unspecified atom stereocenters. The van der Waals surface area contributed by atoms with Crippen LogP contribution >= 0.6 is 11.3 Å². The number of aromatic nitrogens is 2. The van der Waals surface area contributed by atoms with E-state index in [4.69, 9.17) is 14.5 Å². The Morgan fingerprint density at radius 3 is 2.73 bits per heavy atom. The van der Waals surface area contributed by atoms with Gasteiger partial charge in [-0.1, -0.05) is 23.5 Å². The van der Waals surface area contributed by atoms with E-state index in [0.717, 1.165) is 33.5 Å². The van der Waals surface area contributed by atoms with Crippen LogP contribution in [0.5, 0.6) is 11.5 Å². The maximum absolute atomic E-state index is 5.45. The van der Waals surface area contributed by atoms with Gasteiger partial charge in [0.2, 0.25) is 0 Å². The second kappa shape index (κ2) is 7.09.